The minimum atomic E-state index is -0.233. The van der Waals surface area contributed by atoms with Crippen LogP contribution in [-0.2, 0) is 4.74 Å². The number of hydrogen-bond donors (Lipinski definition) is 1. The highest BCUT2D eigenvalue weighted by Crippen LogP contribution is 2.24. The molecule has 16 heavy (non-hydrogen) atoms. The summed E-state index contributed by atoms with van der Waals surface area (Å²) in [6, 6.07) is 6.43. The molecule has 86 valence electrons. The van der Waals surface area contributed by atoms with E-state index in [1.807, 2.05) is 6.07 Å². The molecule has 0 amide bonds. The predicted molar refractivity (Wildman–Crippen MR) is 60.8 cm³/mol. The molecule has 1 aromatic carbocycles. The second kappa shape index (κ2) is 5.07. The van der Waals surface area contributed by atoms with Crippen LogP contribution in [0.15, 0.2) is 29.3 Å². The summed E-state index contributed by atoms with van der Waals surface area (Å²) >= 11 is 0. The first-order chi connectivity index (χ1) is 7.79. The van der Waals surface area contributed by atoms with Gasteiger partial charge in [-0.2, -0.15) is 0 Å². The number of rotatable bonds is 4. The molecular formula is C12H15FN2O. The first-order valence-electron chi connectivity index (χ1n) is 5.44. The van der Waals surface area contributed by atoms with Gasteiger partial charge in [0.15, 0.2) is 5.90 Å². The van der Waals surface area contributed by atoms with Gasteiger partial charge in [0, 0.05) is 6.42 Å². The number of halogens is 1. The summed E-state index contributed by atoms with van der Waals surface area (Å²) in [4.78, 5) is 4.41. The van der Waals surface area contributed by atoms with Gasteiger partial charge in [0.2, 0.25) is 0 Å². The van der Waals surface area contributed by atoms with Gasteiger partial charge in [-0.05, 0) is 30.7 Å². The van der Waals surface area contributed by atoms with E-state index in [0.29, 0.717) is 13.2 Å². The third kappa shape index (κ3) is 2.58. The number of aliphatic imine (C=N–C) groups is 1. The van der Waals surface area contributed by atoms with Gasteiger partial charge in [-0.15, -0.1) is 0 Å². The van der Waals surface area contributed by atoms with E-state index < -0.39 is 0 Å². The van der Waals surface area contributed by atoms with Crippen LogP contribution in [0.3, 0.4) is 0 Å². The molecule has 0 aromatic heterocycles. The zero-order valence-corrected chi connectivity index (χ0v) is 9.03. The lowest BCUT2D eigenvalue weighted by atomic mass is 10.1. The largest absolute Gasteiger partial charge is 0.478 e. The average molecular weight is 222 g/mol. The molecule has 2 rings (SSSR count). The molecule has 0 spiro atoms. The number of hydrogen-bond acceptors (Lipinski definition) is 3. The molecule has 3 nitrogen and oxygen atoms in total. The van der Waals surface area contributed by atoms with E-state index in [1.165, 1.54) is 12.1 Å². The fourth-order valence-electron chi connectivity index (χ4n) is 1.70. The van der Waals surface area contributed by atoms with Crippen molar-refractivity contribution in [2.75, 3.05) is 13.2 Å². The summed E-state index contributed by atoms with van der Waals surface area (Å²) in [6.45, 7) is 1.14. The third-order valence-corrected chi connectivity index (χ3v) is 2.54. The highest BCUT2D eigenvalue weighted by molar-refractivity contribution is 5.77. The monoisotopic (exact) mass is 222 g/mol. The normalized spacial score (nSPS) is 19.4. The Labute approximate surface area is 94.1 Å². The summed E-state index contributed by atoms with van der Waals surface area (Å²) in [5.74, 6) is 0.503. The lowest BCUT2D eigenvalue weighted by Gasteiger charge is -2.04. The van der Waals surface area contributed by atoms with Crippen LogP contribution in [0.4, 0.5) is 4.39 Å². The standard InChI is InChI=1S/C12H15FN2O/c13-10-4-1-3-9(7-10)11-8-16-12(15-11)5-2-6-14/h1,3-4,7,11H,2,5-6,8,14H2. The molecule has 1 aromatic rings. The molecule has 0 aliphatic carbocycles. The predicted octanol–water partition coefficient (Wildman–Crippen LogP) is 2.03. The van der Waals surface area contributed by atoms with Crippen LogP contribution in [0, 0.1) is 5.82 Å². The van der Waals surface area contributed by atoms with Gasteiger partial charge in [-0.25, -0.2) is 9.38 Å². The minimum Gasteiger partial charge on any atom is -0.478 e. The van der Waals surface area contributed by atoms with E-state index in [-0.39, 0.29) is 11.9 Å². The smallest absolute Gasteiger partial charge is 0.184 e. The molecule has 0 radical (unpaired) electrons. The van der Waals surface area contributed by atoms with E-state index in [4.69, 9.17) is 10.5 Å². The lowest BCUT2D eigenvalue weighted by Crippen LogP contribution is -2.04. The molecule has 0 bridgehead atoms. The fourth-order valence-corrected chi connectivity index (χ4v) is 1.70. The number of ether oxygens (including phenoxy) is 1. The maximum absolute atomic E-state index is 13.0. The number of benzene rings is 1. The van der Waals surface area contributed by atoms with Crippen molar-refractivity contribution in [1.82, 2.24) is 0 Å². The zero-order chi connectivity index (χ0) is 11.4. The van der Waals surface area contributed by atoms with Gasteiger partial charge in [-0.1, -0.05) is 12.1 Å². The Morgan fingerprint density at radius 1 is 1.50 bits per heavy atom. The summed E-state index contributed by atoms with van der Waals surface area (Å²) in [6.07, 6.45) is 1.64. The van der Waals surface area contributed by atoms with Gasteiger partial charge in [0.25, 0.3) is 0 Å². The molecule has 0 fully saturated rings. The van der Waals surface area contributed by atoms with Crippen LogP contribution >= 0.6 is 0 Å². The summed E-state index contributed by atoms with van der Waals surface area (Å²) in [5.41, 5.74) is 6.28. The van der Waals surface area contributed by atoms with E-state index in [0.717, 1.165) is 24.3 Å². The van der Waals surface area contributed by atoms with Crippen LogP contribution in [-0.4, -0.2) is 19.0 Å². The summed E-state index contributed by atoms with van der Waals surface area (Å²) in [7, 11) is 0. The van der Waals surface area contributed by atoms with Gasteiger partial charge >= 0.3 is 0 Å². The van der Waals surface area contributed by atoms with Crippen molar-refractivity contribution in [2.24, 2.45) is 10.7 Å². The van der Waals surface area contributed by atoms with E-state index >= 15 is 0 Å². The zero-order valence-electron chi connectivity index (χ0n) is 9.03. The topological polar surface area (TPSA) is 47.6 Å². The van der Waals surface area contributed by atoms with Gasteiger partial charge in [0.1, 0.15) is 18.5 Å². The van der Waals surface area contributed by atoms with Crippen molar-refractivity contribution in [2.45, 2.75) is 18.9 Å². The number of nitrogens with two attached hydrogens (primary N) is 1. The Balaban J connectivity index is 2.04. The molecule has 1 atom stereocenters. The van der Waals surface area contributed by atoms with Crippen LogP contribution in [0.5, 0.6) is 0 Å². The first kappa shape index (κ1) is 11.1. The van der Waals surface area contributed by atoms with Crippen LogP contribution in [0.25, 0.3) is 0 Å². The van der Waals surface area contributed by atoms with Crippen LogP contribution in [0.1, 0.15) is 24.4 Å². The van der Waals surface area contributed by atoms with E-state index in [2.05, 4.69) is 4.99 Å². The van der Waals surface area contributed by atoms with Crippen molar-refractivity contribution in [3.63, 3.8) is 0 Å². The van der Waals surface area contributed by atoms with Crippen molar-refractivity contribution < 1.29 is 9.13 Å². The van der Waals surface area contributed by atoms with Crippen LogP contribution < -0.4 is 5.73 Å². The Morgan fingerprint density at radius 3 is 3.12 bits per heavy atom. The van der Waals surface area contributed by atoms with Crippen molar-refractivity contribution in [3.8, 4) is 0 Å². The lowest BCUT2D eigenvalue weighted by molar-refractivity contribution is 0.311. The summed E-state index contributed by atoms with van der Waals surface area (Å²) < 4.78 is 18.4. The quantitative estimate of drug-likeness (QED) is 0.847. The minimum absolute atomic E-state index is 0.0662. The van der Waals surface area contributed by atoms with Crippen LogP contribution in [0.2, 0.25) is 0 Å². The molecule has 1 aliphatic heterocycles. The molecule has 4 heteroatoms. The molecule has 0 saturated carbocycles. The van der Waals surface area contributed by atoms with Crippen molar-refractivity contribution in [1.29, 1.82) is 0 Å². The molecule has 2 N–H and O–H groups in total. The second-order valence-electron chi connectivity index (χ2n) is 3.80. The Kier molecular flexibility index (Phi) is 3.51. The maximum Gasteiger partial charge on any atom is 0.184 e. The fraction of sp³-hybridized carbons (Fsp3) is 0.417. The summed E-state index contributed by atoms with van der Waals surface area (Å²) in [5, 5.41) is 0. The van der Waals surface area contributed by atoms with E-state index in [1.54, 1.807) is 6.07 Å². The maximum atomic E-state index is 13.0. The Hall–Kier alpha value is -1.42. The SMILES string of the molecule is NCCCC1=NC(c2cccc(F)c2)CO1. The van der Waals surface area contributed by atoms with Gasteiger partial charge in [-0.3, -0.25) is 0 Å². The third-order valence-electron chi connectivity index (χ3n) is 2.54. The molecular weight excluding hydrogens is 207 g/mol. The molecule has 1 unspecified atom stereocenters. The van der Waals surface area contributed by atoms with Gasteiger partial charge < -0.3 is 10.5 Å². The molecule has 1 heterocycles. The number of nitrogens with zero attached hydrogens (tertiary/aromatic N) is 1. The Bertz CT molecular complexity index is 392. The van der Waals surface area contributed by atoms with Crippen molar-refractivity contribution in [3.05, 3.63) is 35.6 Å². The highest BCUT2D eigenvalue weighted by Gasteiger charge is 2.20. The Morgan fingerprint density at radius 2 is 2.38 bits per heavy atom. The molecule has 0 saturated heterocycles. The van der Waals surface area contributed by atoms with Gasteiger partial charge in [0.05, 0.1) is 0 Å². The van der Waals surface area contributed by atoms with E-state index in [9.17, 15) is 4.39 Å². The molecule has 1 aliphatic rings. The second-order valence-corrected chi connectivity index (χ2v) is 3.80. The average Bonchev–Trinajstić information content (AvgIpc) is 2.75. The van der Waals surface area contributed by atoms with Crippen molar-refractivity contribution >= 4 is 5.90 Å². The highest BCUT2D eigenvalue weighted by atomic mass is 19.1. The first-order valence-corrected chi connectivity index (χ1v) is 5.44.